The fourth-order valence-electron chi connectivity index (χ4n) is 2.42. The number of amides is 1. The van der Waals surface area contributed by atoms with Gasteiger partial charge in [0.15, 0.2) is 17.1 Å². The Kier molecular flexibility index (Phi) is 4.23. The van der Waals surface area contributed by atoms with E-state index in [0.717, 1.165) is 4.90 Å². The van der Waals surface area contributed by atoms with Gasteiger partial charge in [-0.25, -0.2) is 0 Å². The van der Waals surface area contributed by atoms with Crippen molar-refractivity contribution >= 4 is 5.91 Å². The molecule has 0 radical (unpaired) electrons. The first-order valence-corrected chi connectivity index (χ1v) is 6.53. The number of likely N-dealkylation sites (tertiary alicyclic amines) is 1. The van der Waals surface area contributed by atoms with Gasteiger partial charge in [0.05, 0.1) is 26.3 Å². The Morgan fingerprint density at radius 1 is 1.32 bits per heavy atom. The minimum atomic E-state index is -4.78. The zero-order valence-corrected chi connectivity index (χ0v) is 12.1. The van der Waals surface area contributed by atoms with Gasteiger partial charge in [-0.3, -0.25) is 4.79 Å². The van der Waals surface area contributed by atoms with Crippen molar-refractivity contribution in [3.8, 4) is 11.5 Å². The Bertz CT molecular complexity index is 576. The van der Waals surface area contributed by atoms with Gasteiger partial charge in [0, 0.05) is 13.0 Å². The van der Waals surface area contributed by atoms with Crippen LogP contribution in [0.3, 0.4) is 0 Å². The molecule has 22 heavy (non-hydrogen) atoms. The maximum atomic E-state index is 12.8. The Hall–Kier alpha value is -1.96. The monoisotopic (exact) mass is 319 g/mol. The smallest absolute Gasteiger partial charge is 0.419 e. The molecule has 1 heterocycles. The third kappa shape index (κ3) is 2.70. The standard InChI is InChI=1S/C14H16F3NO4/c1-21-10-5-3-4-9(11(10)22-2)12(19)18-7-6-13(20,8-18)14(15,16)17/h3-5,20H,6-8H2,1-2H3/t13-/m0/s1. The quantitative estimate of drug-likeness (QED) is 0.924. The maximum Gasteiger partial charge on any atom is 0.419 e. The molecular formula is C14H16F3NO4. The predicted octanol–water partition coefficient (Wildman–Crippen LogP) is 1.84. The highest BCUT2D eigenvalue weighted by molar-refractivity contribution is 5.98. The summed E-state index contributed by atoms with van der Waals surface area (Å²) in [7, 11) is 2.73. The van der Waals surface area contributed by atoms with E-state index in [9.17, 15) is 23.1 Å². The summed E-state index contributed by atoms with van der Waals surface area (Å²) in [6, 6.07) is 4.56. The lowest BCUT2D eigenvalue weighted by Gasteiger charge is -2.26. The lowest BCUT2D eigenvalue weighted by Crippen LogP contribution is -2.48. The molecule has 1 aromatic rings. The Balaban J connectivity index is 2.28. The highest BCUT2D eigenvalue weighted by Crippen LogP contribution is 2.39. The van der Waals surface area contributed by atoms with Crippen molar-refractivity contribution in [2.45, 2.75) is 18.2 Å². The van der Waals surface area contributed by atoms with Crippen molar-refractivity contribution < 1.29 is 32.5 Å². The van der Waals surface area contributed by atoms with Crippen LogP contribution in [0.2, 0.25) is 0 Å². The SMILES string of the molecule is COc1cccc(C(=O)N2CC[C@@](O)(C(F)(F)F)C2)c1OC. The first-order chi connectivity index (χ1) is 10.2. The van der Waals surface area contributed by atoms with Gasteiger partial charge in [-0.15, -0.1) is 0 Å². The van der Waals surface area contributed by atoms with Gasteiger partial charge in [-0.1, -0.05) is 6.07 Å². The molecule has 0 aromatic heterocycles. The maximum absolute atomic E-state index is 12.8. The van der Waals surface area contributed by atoms with Crippen molar-refractivity contribution in [2.75, 3.05) is 27.3 Å². The molecule has 1 amide bonds. The molecule has 1 fully saturated rings. The van der Waals surface area contributed by atoms with Gasteiger partial charge in [0.25, 0.3) is 5.91 Å². The molecule has 1 aromatic carbocycles. The largest absolute Gasteiger partial charge is 0.493 e. The third-order valence-electron chi connectivity index (χ3n) is 3.70. The summed E-state index contributed by atoms with van der Waals surface area (Å²) in [5.41, 5.74) is -2.78. The number of rotatable bonds is 3. The summed E-state index contributed by atoms with van der Waals surface area (Å²) in [6.07, 6.45) is -5.32. The van der Waals surface area contributed by atoms with Crippen LogP contribution < -0.4 is 9.47 Å². The van der Waals surface area contributed by atoms with Crippen LogP contribution in [0.25, 0.3) is 0 Å². The van der Waals surface area contributed by atoms with E-state index in [1.54, 1.807) is 12.1 Å². The second-order valence-corrected chi connectivity index (χ2v) is 5.05. The molecule has 0 unspecified atom stereocenters. The fraction of sp³-hybridized carbons (Fsp3) is 0.500. The molecule has 8 heteroatoms. The second-order valence-electron chi connectivity index (χ2n) is 5.05. The number of para-hydroxylation sites is 1. The van der Waals surface area contributed by atoms with Gasteiger partial charge < -0.3 is 19.5 Å². The minimum Gasteiger partial charge on any atom is -0.493 e. The average molecular weight is 319 g/mol. The Labute approximate surface area is 125 Å². The van der Waals surface area contributed by atoms with Crippen molar-refractivity contribution in [1.29, 1.82) is 0 Å². The molecule has 5 nitrogen and oxygen atoms in total. The van der Waals surface area contributed by atoms with Crippen LogP contribution in [-0.4, -0.2) is 55.0 Å². The van der Waals surface area contributed by atoms with Crippen LogP contribution in [0.15, 0.2) is 18.2 Å². The lowest BCUT2D eigenvalue weighted by molar-refractivity contribution is -0.253. The number of halogens is 3. The molecule has 1 aliphatic heterocycles. The molecule has 0 spiro atoms. The van der Waals surface area contributed by atoms with Gasteiger partial charge in [-0.05, 0) is 12.1 Å². The zero-order chi connectivity index (χ0) is 16.5. The van der Waals surface area contributed by atoms with Crippen molar-refractivity contribution in [2.24, 2.45) is 0 Å². The number of alkyl halides is 3. The van der Waals surface area contributed by atoms with E-state index in [-0.39, 0.29) is 17.9 Å². The highest BCUT2D eigenvalue weighted by Gasteiger charge is 2.57. The third-order valence-corrected chi connectivity index (χ3v) is 3.70. The van der Waals surface area contributed by atoms with E-state index < -0.39 is 30.7 Å². The summed E-state index contributed by atoms with van der Waals surface area (Å²) < 4.78 is 48.6. The van der Waals surface area contributed by atoms with Crippen molar-refractivity contribution in [3.05, 3.63) is 23.8 Å². The number of hydrogen-bond donors (Lipinski definition) is 1. The number of ether oxygens (including phenoxy) is 2. The van der Waals surface area contributed by atoms with E-state index in [1.165, 1.54) is 20.3 Å². The van der Waals surface area contributed by atoms with Crippen LogP contribution in [0.4, 0.5) is 13.2 Å². The van der Waals surface area contributed by atoms with E-state index in [4.69, 9.17) is 9.47 Å². The summed E-state index contributed by atoms with van der Waals surface area (Å²) >= 11 is 0. The number of aliphatic hydroxyl groups is 1. The van der Waals surface area contributed by atoms with Crippen LogP contribution >= 0.6 is 0 Å². The van der Waals surface area contributed by atoms with Crippen LogP contribution in [0.1, 0.15) is 16.8 Å². The Morgan fingerprint density at radius 3 is 2.50 bits per heavy atom. The number of β-amino-alcohol motifs (C(OH)–C–C–N with tert-alkyl or cyclic N) is 1. The highest BCUT2D eigenvalue weighted by atomic mass is 19.4. The van der Waals surface area contributed by atoms with Crippen LogP contribution in [-0.2, 0) is 0 Å². The van der Waals surface area contributed by atoms with Crippen molar-refractivity contribution in [1.82, 2.24) is 4.90 Å². The summed E-state index contributed by atoms with van der Waals surface area (Å²) in [6.45, 7) is -0.981. The number of nitrogens with zero attached hydrogens (tertiary/aromatic N) is 1. The first-order valence-electron chi connectivity index (χ1n) is 6.53. The molecule has 122 valence electrons. The molecular weight excluding hydrogens is 303 g/mol. The van der Waals surface area contributed by atoms with E-state index in [1.807, 2.05) is 0 Å². The molecule has 0 aliphatic carbocycles. The predicted molar refractivity (Wildman–Crippen MR) is 71.1 cm³/mol. The van der Waals surface area contributed by atoms with Gasteiger partial charge in [0.2, 0.25) is 0 Å². The molecule has 1 atom stereocenters. The molecule has 1 saturated heterocycles. The average Bonchev–Trinajstić information content (AvgIpc) is 2.89. The molecule has 1 aliphatic rings. The summed E-state index contributed by atoms with van der Waals surface area (Å²) in [5.74, 6) is -0.188. The molecule has 2 rings (SSSR count). The van der Waals surface area contributed by atoms with E-state index in [0.29, 0.717) is 5.75 Å². The number of hydrogen-bond acceptors (Lipinski definition) is 4. The lowest BCUT2D eigenvalue weighted by atomic mass is 10.0. The van der Waals surface area contributed by atoms with Gasteiger partial charge >= 0.3 is 6.18 Å². The normalized spacial score (nSPS) is 21.8. The van der Waals surface area contributed by atoms with Crippen molar-refractivity contribution in [3.63, 3.8) is 0 Å². The second kappa shape index (κ2) is 5.68. The Morgan fingerprint density at radius 2 is 2.00 bits per heavy atom. The number of benzene rings is 1. The molecule has 0 saturated carbocycles. The molecule has 0 bridgehead atoms. The van der Waals surface area contributed by atoms with Crippen LogP contribution in [0.5, 0.6) is 11.5 Å². The van der Waals surface area contributed by atoms with E-state index >= 15 is 0 Å². The van der Waals surface area contributed by atoms with E-state index in [2.05, 4.69) is 0 Å². The number of carbonyl (C=O) groups excluding carboxylic acids is 1. The van der Waals surface area contributed by atoms with Gasteiger partial charge in [-0.2, -0.15) is 13.2 Å². The number of carbonyl (C=O) groups is 1. The summed E-state index contributed by atoms with van der Waals surface area (Å²) in [5, 5.41) is 9.65. The van der Waals surface area contributed by atoms with Crippen LogP contribution in [0, 0.1) is 0 Å². The minimum absolute atomic E-state index is 0.0910. The number of methoxy groups -OCH3 is 2. The topological polar surface area (TPSA) is 59.0 Å². The zero-order valence-electron chi connectivity index (χ0n) is 12.1. The molecule has 1 N–H and O–H groups in total. The van der Waals surface area contributed by atoms with Gasteiger partial charge in [0.1, 0.15) is 0 Å². The fourth-order valence-corrected chi connectivity index (χ4v) is 2.42. The first kappa shape index (κ1) is 16.4. The summed E-state index contributed by atoms with van der Waals surface area (Å²) in [4.78, 5) is 13.4.